The third-order valence-electron chi connectivity index (χ3n) is 3.61. The van der Waals surface area contributed by atoms with Crippen LogP contribution in [0.4, 0.5) is 0 Å². The van der Waals surface area contributed by atoms with E-state index < -0.39 is 0 Å². The summed E-state index contributed by atoms with van der Waals surface area (Å²) in [5.74, 6) is 0. The molecule has 0 saturated heterocycles. The largest absolute Gasteiger partial charge is 0.0840 e. The molecule has 0 bridgehead atoms. The van der Waals surface area contributed by atoms with Crippen molar-refractivity contribution in [2.45, 2.75) is 78.6 Å². The van der Waals surface area contributed by atoms with Crippen LogP contribution in [0.1, 0.15) is 78.0 Å². The maximum absolute atomic E-state index is 6.52. The molecule has 0 saturated carbocycles. The lowest BCUT2D eigenvalue weighted by atomic mass is 9.77. The molecule has 0 aliphatic carbocycles. The average Bonchev–Trinajstić information content (AvgIpc) is 2.22. The summed E-state index contributed by atoms with van der Waals surface area (Å²) in [5, 5.41) is 0.923. The molecule has 1 aromatic rings. The van der Waals surface area contributed by atoms with Gasteiger partial charge in [0.05, 0.1) is 0 Å². The van der Waals surface area contributed by atoms with Crippen molar-refractivity contribution in [2.24, 2.45) is 0 Å². The molecule has 0 radical (unpaired) electrons. The highest BCUT2D eigenvalue weighted by atomic mass is 35.5. The molecule has 0 amide bonds. The fourth-order valence-electron chi connectivity index (χ4n) is 2.46. The zero-order valence-electron chi connectivity index (χ0n) is 13.7. The molecule has 0 spiro atoms. The molecule has 0 nitrogen and oxygen atoms in total. The Kier molecular flexibility index (Phi) is 5.12. The van der Waals surface area contributed by atoms with Gasteiger partial charge in [-0.05, 0) is 46.4 Å². The normalized spacial score (nSPS) is 12.8. The van der Waals surface area contributed by atoms with Crippen LogP contribution in [0.2, 0.25) is 5.02 Å². The predicted octanol–water partition coefficient (Wildman–Crippen LogP) is 6.28. The van der Waals surface area contributed by atoms with Crippen LogP contribution < -0.4 is 0 Å². The van der Waals surface area contributed by atoms with E-state index in [1.807, 2.05) is 0 Å². The lowest BCUT2D eigenvalue weighted by Gasteiger charge is -2.28. The summed E-state index contributed by atoms with van der Waals surface area (Å²) in [6, 6.07) is 4.55. The lowest BCUT2D eigenvalue weighted by molar-refractivity contribution is 0.561. The minimum Gasteiger partial charge on any atom is -0.0840 e. The molecule has 0 aliphatic rings. The highest BCUT2D eigenvalue weighted by Gasteiger charge is 2.24. The molecule has 1 rings (SSSR count). The van der Waals surface area contributed by atoms with Crippen LogP contribution in [-0.4, -0.2) is 0 Å². The molecule has 0 heterocycles. The first-order valence-corrected chi connectivity index (χ1v) is 7.78. The third kappa shape index (κ3) is 4.24. The first kappa shape index (κ1) is 16.6. The Bertz CT molecular complexity index is 430. The van der Waals surface area contributed by atoms with Crippen LogP contribution in [0.5, 0.6) is 0 Å². The van der Waals surface area contributed by atoms with Crippen LogP contribution in [0.3, 0.4) is 0 Å². The van der Waals surface area contributed by atoms with Gasteiger partial charge < -0.3 is 0 Å². The van der Waals surface area contributed by atoms with Gasteiger partial charge in [0.15, 0.2) is 0 Å². The molecule has 108 valence electrons. The molecule has 0 atom stereocenters. The first-order valence-electron chi connectivity index (χ1n) is 7.40. The van der Waals surface area contributed by atoms with Gasteiger partial charge in [-0.3, -0.25) is 0 Å². The number of benzene rings is 1. The van der Waals surface area contributed by atoms with Gasteiger partial charge >= 0.3 is 0 Å². The van der Waals surface area contributed by atoms with Crippen LogP contribution >= 0.6 is 11.6 Å². The number of hydrogen-bond acceptors (Lipinski definition) is 0. The van der Waals surface area contributed by atoms with E-state index in [2.05, 4.69) is 60.6 Å². The van der Waals surface area contributed by atoms with E-state index in [0.717, 1.165) is 11.4 Å². The Morgan fingerprint density at radius 2 is 1.42 bits per heavy atom. The SMILES string of the molecule is CCCCc1cc(Cl)c(C(C)(C)C)cc1C(C)(C)C. The van der Waals surface area contributed by atoms with E-state index in [9.17, 15) is 0 Å². The number of aryl methyl sites for hydroxylation is 1. The zero-order valence-corrected chi connectivity index (χ0v) is 14.4. The molecule has 19 heavy (non-hydrogen) atoms. The fourth-order valence-corrected chi connectivity index (χ4v) is 2.93. The topological polar surface area (TPSA) is 0 Å². The monoisotopic (exact) mass is 280 g/mol. The van der Waals surface area contributed by atoms with Crippen molar-refractivity contribution in [1.82, 2.24) is 0 Å². The standard InChI is InChI=1S/C18H29Cl/c1-8-9-10-13-11-16(19)15(18(5,6)7)12-14(13)17(2,3)4/h11-12H,8-10H2,1-7H3. The van der Waals surface area contributed by atoms with Gasteiger partial charge in [0, 0.05) is 5.02 Å². The van der Waals surface area contributed by atoms with Crippen LogP contribution in [-0.2, 0) is 17.3 Å². The van der Waals surface area contributed by atoms with E-state index in [0.29, 0.717) is 0 Å². The molecular formula is C18H29Cl. The minimum absolute atomic E-state index is 0.0976. The quantitative estimate of drug-likeness (QED) is 0.611. The van der Waals surface area contributed by atoms with Gasteiger partial charge in [0.2, 0.25) is 0 Å². The number of hydrogen-bond donors (Lipinski definition) is 0. The highest BCUT2D eigenvalue weighted by Crippen LogP contribution is 2.36. The molecule has 0 fully saturated rings. The second-order valence-electron chi connectivity index (χ2n) is 7.59. The van der Waals surface area contributed by atoms with E-state index in [1.54, 1.807) is 0 Å². The van der Waals surface area contributed by atoms with Crippen LogP contribution in [0.15, 0.2) is 12.1 Å². The van der Waals surface area contributed by atoms with Crippen molar-refractivity contribution in [2.75, 3.05) is 0 Å². The summed E-state index contributed by atoms with van der Waals surface area (Å²) in [6.07, 6.45) is 3.59. The Hall–Kier alpha value is -0.490. The van der Waals surface area contributed by atoms with Gasteiger partial charge in [-0.25, -0.2) is 0 Å². The molecule has 0 aromatic heterocycles. The van der Waals surface area contributed by atoms with E-state index in [-0.39, 0.29) is 10.8 Å². The zero-order chi connectivity index (χ0) is 14.8. The molecule has 0 N–H and O–H groups in total. The maximum atomic E-state index is 6.52. The summed E-state index contributed by atoms with van der Waals surface area (Å²) in [5.41, 5.74) is 4.41. The van der Waals surface area contributed by atoms with Gasteiger partial charge in [0.25, 0.3) is 0 Å². The second kappa shape index (κ2) is 5.87. The summed E-state index contributed by atoms with van der Waals surface area (Å²) < 4.78 is 0. The maximum Gasteiger partial charge on any atom is 0.0446 e. The molecule has 1 heteroatoms. The Morgan fingerprint density at radius 3 is 1.84 bits per heavy atom. The third-order valence-corrected chi connectivity index (χ3v) is 3.92. The molecule has 0 aliphatic heterocycles. The smallest absolute Gasteiger partial charge is 0.0446 e. The number of unbranched alkanes of at least 4 members (excludes halogenated alkanes) is 1. The summed E-state index contributed by atoms with van der Waals surface area (Å²) in [6.45, 7) is 15.8. The van der Waals surface area contributed by atoms with Crippen molar-refractivity contribution in [3.8, 4) is 0 Å². The van der Waals surface area contributed by atoms with Crippen LogP contribution in [0, 0.1) is 0 Å². The fraction of sp³-hybridized carbons (Fsp3) is 0.667. The Morgan fingerprint density at radius 1 is 0.895 bits per heavy atom. The average molecular weight is 281 g/mol. The van der Waals surface area contributed by atoms with Crippen molar-refractivity contribution in [3.63, 3.8) is 0 Å². The Balaban J connectivity index is 3.38. The summed E-state index contributed by atoms with van der Waals surface area (Å²) in [4.78, 5) is 0. The predicted molar refractivity (Wildman–Crippen MR) is 87.5 cm³/mol. The van der Waals surface area contributed by atoms with Gasteiger partial charge in [-0.15, -0.1) is 0 Å². The van der Waals surface area contributed by atoms with Gasteiger partial charge in [-0.2, -0.15) is 0 Å². The van der Waals surface area contributed by atoms with Crippen molar-refractivity contribution in [3.05, 3.63) is 33.8 Å². The number of halogens is 1. The van der Waals surface area contributed by atoms with Crippen LogP contribution in [0.25, 0.3) is 0 Å². The van der Waals surface area contributed by atoms with E-state index in [1.165, 1.54) is 29.5 Å². The highest BCUT2D eigenvalue weighted by molar-refractivity contribution is 6.31. The minimum atomic E-state index is 0.0976. The van der Waals surface area contributed by atoms with E-state index in [4.69, 9.17) is 11.6 Å². The Labute approximate surface area is 124 Å². The summed E-state index contributed by atoms with van der Waals surface area (Å²) >= 11 is 6.52. The van der Waals surface area contributed by atoms with Crippen molar-refractivity contribution in [1.29, 1.82) is 0 Å². The van der Waals surface area contributed by atoms with Crippen molar-refractivity contribution >= 4 is 11.6 Å². The lowest BCUT2D eigenvalue weighted by Crippen LogP contribution is -2.19. The van der Waals surface area contributed by atoms with E-state index >= 15 is 0 Å². The van der Waals surface area contributed by atoms with Gasteiger partial charge in [0.1, 0.15) is 0 Å². The van der Waals surface area contributed by atoms with Crippen molar-refractivity contribution < 1.29 is 0 Å². The number of rotatable bonds is 3. The molecule has 0 unspecified atom stereocenters. The molecular weight excluding hydrogens is 252 g/mol. The van der Waals surface area contributed by atoms with Gasteiger partial charge in [-0.1, -0.05) is 72.6 Å². The first-order chi connectivity index (χ1) is 8.57. The summed E-state index contributed by atoms with van der Waals surface area (Å²) in [7, 11) is 0. The second-order valence-corrected chi connectivity index (χ2v) is 8.00. The molecule has 1 aromatic carbocycles.